The standard InChI is InChI=1S/C25H27F2N3O2/c1-2-32-20-10-8-17(9-11-20)22-14-18-6-3-4-7-21(18)23(30-22)24(31)29-13-5-12-28-19-15-25(26,27)16-19/h3-4,6-11,14,19,28H,2,5,12-13,15-16H2,1H3,(H,29,31). The molecule has 2 N–H and O–H groups in total. The summed E-state index contributed by atoms with van der Waals surface area (Å²) in [6.45, 7) is 3.56. The third kappa shape index (κ3) is 5.22. The van der Waals surface area contributed by atoms with Crippen molar-refractivity contribution in [3.63, 3.8) is 0 Å². The Morgan fingerprint density at radius 2 is 1.88 bits per heavy atom. The molecule has 1 heterocycles. The van der Waals surface area contributed by atoms with Gasteiger partial charge in [0.25, 0.3) is 11.8 Å². The summed E-state index contributed by atoms with van der Waals surface area (Å²) in [5.74, 6) is -1.98. The predicted octanol–water partition coefficient (Wildman–Crippen LogP) is 4.81. The minimum atomic E-state index is -2.52. The number of hydrogen-bond acceptors (Lipinski definition) is 4. The maximum Gasteiger partial charge on any atom is 0.270 e. The average molecular weight is 440 g/mol. The number of carbonyl (C=O) groups is 1. The largest absolute Gasteiger partial charge is 0.494 e. The van der Waals surface area contributed by atoms with E-state index in [0.29, 0.717) is 37.5 Å². The molecule has 168 valence electrons. The van der Waals surface area contributed by atoms with Gasteiger partial charge in [0.05, 0.1) is 12.3 Å². The molecule has 0 atom stereocenters. The lowest BCUT2D eigenvalue weighted by Crippen LogP contribution is -2.49. The van der Waals surface area contributed by atoms with Crippen LogP contribution >= 0.6 is 0 Å². The molecule has 1 amide bonds. The first-order chi connectivity index (χ1) is 15.4. The molecule has 0 aliphatic heterocycles. The maximum absolute atomic E-state index is 12.9. The minimum Gasteiger partial charge on any atom is -0.494 e. The quantitative estimate of drug-likeness (QED) is 0.470. The van der Waals surface area contributed by atoms with Gasteiger partial charge in [-0.2, -0.15) is 0 Å². The van der Waals surface area contributed by atoms with Crippen LogP contribution in [0.5, 0.6) is 5.75 Å². The van der Waals surface area contributed by atoms with Gasteiger partial charge in [-0.3, -0.25) is 4.79 Å². The molecule has 5 nitrogen and oxygen atoms in total. The molecule has 1 aliphatic carbocycles. The number of halogens is 2. The van der Waals surface area contributed by atoms with E-state index in [1.165, 1.54) is 0 Å². The summed E-state index contributed by atoms with van der Waals surface area (Å²) in [7, 11) is 0. The number of nitrogens with zero attached hydrogens (tertiary/aromatic N) is 1. The number of benzene rings is 2. The highest BCUT2D eigenvalue weighted by molar-refractivity contribution is 6.06. The Kier molecular flexibility index (Phi) is 6.65. The highest BCUT2D eigenvalue weighted by Gasteiger charge is 2.44. The van der Waals surface area contributed by atoms with Crippen molar-refractivity contribution in [1.29, 1.82) is 0 Å². The minimum absolute atomic E-state index is 0.104. The van der Waals surface area contributed by atoms with Crippen molar-refractivity contribution in [3.05, 3.63) is 60.3 Å². The molecule has 1 fully saturated rings. The lowest BCUT2D eigenvalue weighted by Gasteiger charge is -2.35. The van der Waals surface area contributed by atoms with Crippen molar-refractivity contribution in [2.75, 3.05) is 19.7 Å². The van der Waals surface area contributed by atoms with Crippen LogP contribution < -0.4 is 15.4 Å². The van der Waals surface area contributed by atoms with Crippen LogP contribution in [0.3, 0.4) is 0 Å². The first-order valence-corrected chi connectivity index (χ1v) is 11.0. The summed E-state index contributed by atoms with van der Waals surface area (Å²) < 4.78 is 31.3. The van der Waals surface area contributed by atoms with E-state index >= 15 is 0 Å². The Balaban J connectivity index is 1.43. The summed E-state index contributed by atoms with van der Waals surface area (Å²) in [6.07, 6.45) is 0.450. The van der Waals surface area contributed by atoms with E-state index in [9.17, 15) is 13.6 Å². The van der Waals surface area contributed by atoms with E-state index in [-0.39, 0.29) is 24.8 Å². The second-order valence-electron chi connectivity index (χ2n) is 8.06. The first-order valence-electron chi connectivity index (χ1n) is 11.0. The normalized spacial score (nSPS) is 15.3. The zero-order valence-electron chi connectivity index (χ0n) is 18.0. The summed E-state index contributed by atoms with van der Waals surface area (Å²) >= 11 is 0. The molecule has 0 unspecified atom stereocenters. The van der Waals surface area contributed by atoms with Crippen molar-refractivity contribution in [3.8, 4) is 17.0 Å². The topological polar surface area (TPSA) is 63.2 Å². The van der Waals surface area contributed by atoms with Gasteiger partial charge < -0.3 is 15.4 Å². The third-order valence-electron chi connectivity index (χ3n) is 5.58. The van der Waals surface area contributed by atoms with Crippen molar-refractivity contribution >= 4 is 16.7 Å². The van der Waals surface area contributed by atoms with E-state index < -0.39 is 5.92 Å². The van der Waals surface area contributed by atoms with Crippen LogP contribution in [0.15, 0.2) is 54.6 Å². The van der Waals surface area contributed by atoms with E-state index in [1.807, 2.05) is 61.5 Å². The molecule has 0 saturated heterocycles. The smallest absolute Gasteiger partial charge is 0.270 e. The summed E-state index contributed by atoms with van der Waals surface area (Å²) in [6, 6.07) is 17.1. The van der Waals surface area contributed by atoms with Crippen molar-refractivity contribution in [2.24, 2.45) is 0 Å². The van der Waals surface area contributed by atoms with Gasteiger partial charge in [0.1, 0.15) is 11.4 Å². The molecule has 32 heavy (non-hydrogen) atoms. The monoisotopic (exact) mass is 439 g/mol. The van der Waals surface area contributed by atoms with Gasteiger partial charge in [0.15, 0.2) is 0 Å². The Morgan fingerprint density at radius 1 is 1.12 bits per heavy atom. The Bertz CT molecular complexity index is 1080. The molecule has 4 rings (SSSR count). The fraction of sp³-hybridized carbons (Fsp3) is 0.360. The number of rotatable bonds is 9. The predicted molar refractivity (Wildman–Crippen MR) is 121 cm³/mol. The molecule has 7 heteroatoms. The fourth-order valence-electron chi connectivity index (χ4n) is 3.89. The lowest BCUT2D eigenvalue weighted by molar-refractivity contribution is -0.0925. The van der Waals surface area contributed by atoms with Crippen LogP contribution in [0.25, 0.3) is 22.0 Å². The zero-order chi connectivity index (χ0) is 22.6. The third-order valence-corrected chi connectivity index (χ3v) is 5.58. The van der Waals surface area contributed by atoms with Crippen LogP contribution in [-0.4, -0.2) is 42.6 Å². The molecule has 1 saturated carbocycles. The van der Waals surface area contributed by atoms with E-state index in [0.717, 1.165) is 22.1 Å². The van der Waals surface area contributed by atoms with Crippen LogP contribution in [0.1, 0.15) is 36.7 Å². The number of aromatic nitrogens is 1. The lowest BCUT2D eigenvalue weighted by atomic mass is 9.88. The molecule has 1 aliphatic rings. The van der Waals surface area contributed by atoms with Crippen molar-refractivity contribution in [1.82, 2.24) is 15.6 Å². The second kappa shape index (κ2) is 9.61. The van der Waals surface area contributed by atoms with Gasteiger partial charge in [-0.1, -0.05) is 24.3 Å². The van der Waals surface area contributed by atoms with Gasteiger partial charge in [-0.15, -0.1) is 0 Å². The Labute approximate surface area is 186 Å². The number of hydrogen-bond donors (Lipinski definition) is 2. The molecule has 3 aromatic rings. The number of carbonyl (C=O) groups excluding carboxylic acids is 1. The molecule has 0 radical (unpaired) electrons. The van der Waals surface area contributed by atoms with E-state index in [1.54, 1.807) is 0 Å². The summed E-state index contributed by atoms with van der Waals surface area (Å²) in [5, 5.41) is 7.74. The number of ether oxygens (including phenoxy) is 1. The molecule has 1 aromatic heterocycles. The van der Waals surface area contributed by atoms with Gasteiger partial charge in [-0.05, 0) is 55.6 Å². The number of amides is 1. The number of alkyl halides is 2. The van der Waals surface area contributed by atoms with Crippen LogP contribution in [0.4, 0.5) is 8.78 Å². The van der Waals surface area contributed by atoms with Gasteiger partial charge in [-0.25, -0.2) is 13.8 Å². The van der Waals surface area contributed by atoms with Crippen LogP contribution in [0.2, 0.25) is 0 Å². The first kappa shape index (κ1) is 22.1. The highest BCUT2D eigenvalue weighted by Crippen LogP contribution is 2.37. The molecule has 2 aromatic carbocycles. The fourth-order valence-corrected chi connectivity index (χ4v) is 3.89. The Morgan fingerprint density at radius 3 is 2.59 bits per heavy atom. The number of nitrogens with one attached hydrogen (secondary N) is 2. The number of fused-ring (bicyclic) bond motifs is 1. The van der Waals surface area contributed by atoms with Crippen molar-refractivity contribution < 1.29 is 18.3 Å². The highest BCUT2D eigenvalue weighted by atomic mass is 19.3. The average Bonchev–Trinajstić information content (AvgIpc) is 2.77. The summed E-state index contributed by atoms with van der Waals surface area (Å²) in [4.78, 5) is 17.6. The molecular formula is C25H27F2N3O2. The number of pyridine rings is 1. The summed E-state index contributed by atoms with van der Waals surface area (Å²) in [5.41, 5.74) is 1.98. The SMILES string of the molecule is CCOc1ccc(-c2cc3ccccc3c(C(=O)NCCCNC3CC(F)(F)C3)n2)cc1. The van der Waals surface area contributed by atoms with Gasteiger partial charge >= 0.3 is 0 Å². The van der Waals surface area contributed by atoms with Gasteiger partial charge in [0, 0.05) is 36.4 Å². The molecule has 0 bridgehead atoms. The molecule has 0 spiro atoms. The van der Waals surface area contributed by atoms with E-state index in [2.05, 4.69) is 15.6 Å². The van der Waals surface area contributed by atoms with E-state index in [4.69, 9.17) is 4.74 Å². The van der Waals surface area contributed by atoms with Crippen LogP contribution in [0, 0.1) is 0 Å². The Hall–Kier alpha value is -3.06. The maximum atomic E-state index is 12.9. The second-order valence-corrected chi connectivity index (χ2v) is 8.06. The zero-order valence-corrected chi connectivity index (χ0v) is 18.0. The van der Waals surface area contributed by atoms with Crippen LogP contribution in [-0.2, 0) is 0 Å². The van der Waals surface area contributed by atoms with Gasteiger partial charge in [0.2, 0.25) is 0 Å². The molecular weight excluding hydrogens is 412 g/mol. The van der Waals surface area contributed by atoms with Crippen molar-refractivity contribution in [2.45, 2.75) is 38.2 Å².